The molecule has 0 saturated carbocycles. The number of nitrogens with two attached hydrogens (primary N) is 1. The molecule has 7 heteroatoms. The van der Waals surface area contributed by atoms with Crippen molar-refractivity contribution in [2.45, 2.75) is 18.9 Å². The summed E-state index contributed by atoms with van der Waals surface area (Å²) in [5.74, 6) is -1.40. The first-order valence-corrected chi connectivity index (χ1v) is 6.28. The first-order valence-electron chi connectivity index (χ1n) is 6.28. The van der Waals surface area contributed by atoms with Crippen LogP contribution in [0.2, 0.25) is 0 Å². The van der Waals surface area contributed by atoms with Gasteiger partial charge in [-0.3, -0.25) is 9.59 Å². The average Bonchev–Trinajstić information content (AvgIpc) is 2.40. The highest BCUT2D eigenvalue weighted by Gasteiger charge is 2.20. The molecule has 7 nitrogen and oxygen atoms in total. The van der Waals surface area contributed by atoms with Gasteiger partial charge in [0.15, 0.2) is 0 Å². The van der Waals surface area contributed by atoms with Gasteiger partial charge in [0.2, 0.25) is 5.91 Å². The van der Waals surface area contributed by atoms with Gasteiger partial charge in [-0.25, -0.2) is 0 Å². The van der Waals surface area contributed by atoms with Gasteiger partial charge in [-0.1, -0.05) is 0 Å². The summed E-state index contributed by atoms with van der Waals surface area (Å²) in [6.07, 6.45) is 0.462. The van der Waals surface area contributed by atoms with E-state index in [4.69, 9.17) is 15.9 Å². The molecule has 0 bridgehead atoms. The van der Waals surface area contributed by atoms with Crippen molar-refractivity contribution in [1.82, 2.24) is 5.32 Å². The van der Waals surface area contributed by atoms with Crippen LogP contribution < -0.4 is 16.4 Å². The van der Waals surface area contributed by atoms with Crippen LogP contribution in [0, 0.1) is 0 Å². The zero-order valence-corrected chi connectivity index (χ0v) is 11.0. The summed E-state index contributed by atoms with van der Waals surface area (Å²) >= 11 is 0. The Morgan fingerprint density at radius 2 is 1.90 bits per heavy atom. The number of benzene rings is 1. The number of rotatable bonds is 8. The molecule has 110 valence electrons. The number of aliphatic carboxylic acids is 1. The second-order valence-electron chi connectivity index (χ2n) is 4.29. The number of hydrogen-bond donors (Lipinski definition) is 5. The lowest BCUT2D eigenvalue weighted by Gasteiger charge is -2.14. The summed E-state index contributed by atoms with van der Waals surface area (Å²) in [5.41, 5.74) is 5.82. The van der Waals surface area contributed by atoms with Crippen LogP contribution in [0.5, 0.6) is 5.75 Å². The number of aromatic hydroxyl groups is 1. The van der Waals surface area contributed by atoms with Gasteiger partial charge in [-0.05, 0) is 43.8 Å². The molecule has 0 saturated heterocycles. The van der Waals surface area contributed by atoms with Crippen LogP contribution in [0.3, 0.4) is 0 Å². The predicted molar refractivity (Wildman–Crippen MR) is 74.5 cm³/mol. The lowest BCUT2D eigenvalue weighted by molar-refractivity contribution is -0.141. The van der Waals surface area contributed by atoms with Crippen molar-refractivity contribution in [3.05, 3.63) is 24.3 Å². The van der Waals surface area contributed by atoms with Crippen molar-refractivity contribution >= 4 is 17.6 Å². The van der Waals surface area contributed by atoms with Gasteiger partial charge in [0.05, 0.1) is 6.42 Å². The number of carbonyl (C=O) groups is 2. The summed E-state index contributed by atoms with van der Waals surface area (Å²) in [6, 6.07) is 4.99. The zero-order valence-electron chi connectivity index (χ0n) is 11.0. The molecule has 1 atom stereocenters. The smallest absolute Gasteiger partial charge is 0.321 e. The van der Waals surface area contributed by atoms with Gasteiger partial charge in [0, 0.05) is 5.69 Å². The molecule has 1 amide bonds. The number of hydrogen-bond acceptors (Lipinski definition) is 5. The van der Waals surface area contributed by atoms with Gasteiger partial charge in [-0.15, -0.1) is 0 Å². The maximum atomic E-state index is 11.7. The highest BCUT2D eigenvalue weighted by atomic mass is 16.4. The standard InChI is InChI=1S/C13H19N3O4/c14-6-1-7-15-11(13(19)20)8-12(18)16-9-2-4-10(17)5-3-9/h2-5,11,15,17H,1,6-8,14H2,(H,16,18)(H,19,20)/t11-/m1/s1. The fraction of sp³-hybridized carbons (Fsp3) is 0.385. The molecule has 6 N–H and O–H groups in total. The van der Waals surface area contributed by atoms with Crippen LogP contribution in [0.15, 0.2) is 24.3 Å². The first-order chi connectivity index (χ1) is 9.52. The van der Waals surface area contributed by atoms with E-state index in [-0.39, 0.29) is 12.2 Å². The topological polar surface area (TPSA) is 125 Å². The Labute approximate surface area is 116 Å². The quantitative estimate of drug-likeness (QED) is 0.340. The third kappa shape index (κ3) is 5.68. The molecule has 0 aliphatic carbocycles. The molecule has 20 heavy (non-hydrogen) atoms. The number of phenols is 1. The van der Waals surface area contributed by atoms with Crippen molar-refractivity contribution in [3.63, 3.8) is 0 Å². The van der Waals surface area contributed by atoms with E-state index in [0.29, 0.717) is 25.2 Å². The predicted octanol–water partition coefficient (Wildman–Crippen LogP) is 0.112. The summed E-state index contributed by atoms with van der Waals surface area (Å²) in [4.78, 5) is 22.8. The average molecular weight is 281 g/mol. The van der Waals surface area contributed by atoms with E-state index in [1.165, 1.54) is 24.3 Å². The fourth-order valence-corrected chi connectivity index (χ4v) is 1.57. The normalized spacial score (nSPS) is 11.8. The summed E-state index contributed by atoms with van der Waals surface area (Å²) in [5, 5.41) is 23.5. The van der Waals surface area contributed by atoms with E-state index in [1.807, 2.05) is 0 Å². The van der Waals surface area contributed by atoms with Crippen molar-refractivity contribution in [2.75, 3.05) is 18.4 Å². The van der Waals surface area contributed by atoms with Crippen LogP contribution >= 0.6 is 0 Å². The molecule has 0 aromatic heterocycles. The maximum Gasteiger partial charge on any atom is 0.321 e. The number of anilines is 1. The lowest BCUT2D eigenvalue weighted by atomic mass is 10.2. The molecule has 0 spiro atoms. The SMILES string of the molecule is NCCCN[C@H](CC(=O)Nc1ccc(O)cc1)C(=O)O. The second-order valence-corrected chi connectivity index (χ2v) is 4.29. The summed E-state index contributed by atoms with van der Waals surface area (Å²) < 4.78 is 0. The molecule has 1 aromatic rings. The van der Waals surface area contributed by atoms with Gasteiger partial charge >= 0.3 is 5.97 Å². The molecule has 0 unspecified atom stereocenters. The van der Waals surface area contributed by atoms with Crippen LogP contribution in [-0.4, -0.2) is 41.2 Å². The van der Waals surface area contributed by atoms with Gasteiger partial charge in [-0.2, -0.15) is 0 Å². The molecule has 0 aliphatic heterocycles. The molecule has 0 radical (unpaired) electrons. The number of amides is 1. The summed E-state index contributed by atoms with van der Waals surface area (Å²) in [7, 11) is 0. The lowest BCUT2D eigenvalue weighted by Crippen LogP contribution is -2.40. The molecular formula is C13H19N3O4. The minimum atomic E-state index is -1.08. The highest BCUT2D eigenvalue weighted by Crippen LogP contribution is 2.14. The van der Waals surface area contributed by atoms with E-state index in [1.54, 1.807) is 0 Å². The number of nitrogens with one attached hydrogen (secondary N) is 2. The number of carboxylic acid groups (broad SMARTS) is 1. The monoisotopic (exact) mass is 281 g/mol. The van der Waals surface area contributed by atoms with E-state index in [2.05, 4.69) is 10.6 Å². The number of carbonyl (C=O) groups excluding carboxylic acids is 1. The van der Waals surface area contributed by atoms with Crippen molar-refractivity contribution in [1.29, 1.82) is 0 Å². The van der Waals surface area contributed by atoms with Crippen molar-refractivity contribution in [2.24, 2.45) is 5.73 Å². The van der Waals surface area contributed by atoms with Crippen LogP contribution in [-0.2, 0) is 9.59 Å². The Hall–Kier alpha value is -2.12. The van der Waals surface area contributed by atoms with Crippen molar-refractivity contribution in [3.8, 4) is 5.75 Å². The van der Waals surface area contributed by atoms with E-state index in [0.717, 1.165) is 0 Å². The Balaban J connectivity index is 2.48. The number of phenolic OH excluding ortho intramolecular Hbond substituents is 1. The Morgan fingerprint density at radius 3 is 2.45 bits per heavy atom. The zero-order chi connectivity index (χ0) is 15.0. The second kappa shape index (κ2) is 8.13. The molecule has 0 aliphatic rings. The fourth-order valence-electron chi connectivity index (χ4n) is 1.57. The molecule has 0 heterocycles. The van der Waals surface area contributed by atoms with Crippen LogP contribution in [0.4, 0.5) is 5.69 Å². The van der Waals surface area contributed by atoms with Crippen LogP contribution in [0.1, 0.15) is 12.8 Å². The minimum Gasteiger partial charge on any atom is -0.508 e. The van der Waals surface area contributed by atoms with E-state index in [9.17, 15) is 9.59 Å². The Morgan fingerprint density at radius 1 is 1.25 bits per heavy atom. The van der Waals surface area contributed by atoms with Gasteiger partial charge < -0.3 is 26.6 Å². The molecule has 0 fully saturated rings. The van der Waals surface area contributed by atoms with E-state index >= 15 is 0 Å². The maximum absolute atomic E-state index is 11.7. The van der Waals surface area contributed by atoms with Crippen LogP contribution in [0.25, 0.3) is 0 Å². The first kappa shape index (κ1) is 15.9. The summed E-state index contributed by atoms with van der Waals surface area (Å²) in [6.45, 7) is 0.902. The number of carboxylic acids is 1. The van der Waals surface area contributed by atoms with E-state index < -0.39 is 17.9 Å². The van der Waals surface area contributed by atoms with Gasteiger partial charge in [0.25, 0.3) is 0 Å². The Kier molecular flexibility index (Phi) is 6.48. The molecule has 1 aromatic carbocycles. The van der Waals surface area contributed by atoms with Crippen molar-refractivity contribution < 1.29 is 19.8 Å². The molecular weight excluding hydrogens is 262 g/mol. The van der Waals surface area contributed by atoms with Gasteiger partial charge in [0.1, 0.15) is 11.8 Å². The third-order valence-electron chi connectivity index (χ3n) is 2.61. The molecule has 1 rings (SSSR count). The Bertz CT molecular complexity index is 447. The highest BCUT2D eigenvalue weighted by molar-refractivity contribution is 5.94. The minimum absolute atomic E-state index is 0.0925. The third-order valence-corrected chi connectivity index (χ3v) is 2.61. The largest absolute Gasteiger partial charge is 0.508 e.